The molecule has 0 spiro atoms. The highest BCUT2D eigenvalue weighted by molar-refractivity contribution is 7.08. The van der Waals surface area contributed by atoms with Crippen molar-refractivity contribution in [1.82, 2.24) is 5.16 Å². The molecule has 3 aromatic rings. The molecule has 5 rings (SSSR count). The third-order valence-electron chi connectivity index (χ3n) is 5.41. The quantitative estimate of drug-likeness (QED) is 0.697. The first-order valence-corrected chi connectivity index (χ1v) is 9.73. The van der Waals surface area contributed by atoms with Crippen LogP contribution in [0.2, 0.25) is 0 Å². The van der Waals surface area contributed by atoms with Gasteiger partial charge in [-0.25, -0.2) is 0 Å². The molecule has 4 nitrogen and oxygen atoms in total. The van der Waals surface area contributed by atoms with Crippen molar-refractivity contribution >= 4 is 23.0 Å². The molecule has 0 bridgehead atoms. The number of anilines is 1. The first-order valence-electron chi connectivity index (χ1n) is 8.79. The van der Waals surface area contributed by atoms with Crippen LogP contribution in [0.1, 0.15) is 47.1 Å². The Labute approximate surface area is 155 Å². The third kappa shape index (κ3) is 2.35. The number of fused-ring (bicyclic) bond motifs is 1. The van der Waals surface area contributed by atoms with E-state index < -0.39 is 0 Å². The van der Waals surface area contributed by atoms with E-state index in [1.165, 1.54) is 5.56 Å². The molecule has 0 radical (unpaired) electrons. The Balaban J connectivity index is 1.62. The molecule has 130 valence electrons. The first-order chi connectivity index (χ1) is 12.7. The molecule has 26 heavy (non-hydrogen) atoms. The van der Waals surface area contributed by atoms with Crippen LogP contribution in [0.4, 0.5) is 5.88 Å². The van der Waals surface area contributed by atoms with Gasteiger partial charge in [-0.2, -0.15) is 11.3 Å². The van der Waals surface area contributed by atoms with Crippen molar-refractivity contribution in [3.8, 4) is 0 Å². The largest absolute Gasteiger partial charge is 0.338 e. The second-order valence-corrected chi connectivity index (χ2v) is 7.74. The second kappa shape index (κ2) is 5.95. The number of carbonyl (C=O) groups is 1. The fourth-order valence-electron chi connectivity index (χ4n) is 4.21. The van der Waals surface area contributed by atoms with Crippen molar-refractivity contribution in [2.24, 2.45) is 0 Å². The summed E-state index contributed by atoms with van der Waals surface area (Å²) >= 11 is 1.65. The molecule has 0 amide bonds. The molecular weight excluding hydrogens is 344 g/mol. The Morgan fingerprint density at radius 2 is 2.00 bits per heavy atom. The highest BCUT2D eigenvalue weighted by Crippen LogP contribution is 2.49. The van der Waals surface area contributed by atoms with Crippen LogP contribution in [0.3, 0.4) is 0 Å². The van der Waals surface area contributed by atoms with E-state index in [2.05, 4.69) is 39.4 Å². The molecule has 1 aliphatic carbocycles. The Morgan fingerprint density at radius 3 is 2.77 bits per heavy atom. The van der Waals surface area contributed by atoms with Gasteiger partial charge in [0.15, 0.2) is 5.78 Å². The minimum absolute atomic E-state index is 0.0806. The van der Waals surface area contributed by atoms with Crippen LogP contribution in [0, 0.1) is 6.92 Å². The van der Waals surface area contributed by atoms with E-state index in [0.29, 0.717) is 12.3 Å². The predicted molar refractivity (Wildman–Crippen MR) is 101 cm³/mol. The molecule has 1 aliphatic heterocycles. The Morgan fingerprint density at radius 1 is 1.15 bits per heavy atom. The van der Waals surface area contributed by atoms with E-state index >= 15 is 0 Å². The summed E-state index contributed by atoms with van der Waals surface area (Å²) in [5.41, 5.74) is 6.05. The number of carbonyl (C=O) groups excluding carboxylic acids is 1. The van der Waals surface area contributed by atoms with E-state index in [-0.39, 0.29) is 17.6 Å². The van der Waals surface area contributed by atoms with Crippen LogP contribution >= 0.6 is 11.3 Å². The van der Waals surface area contributed by atoms with Crippen molar-refractivity contribution in [3.63, 3.8) is 0 Å². The molecule has 0 unspecified atom stereocenters. The zero-order valence-corrected chi connectivity index (χ0v) is 15.2. The summed E-state index contributed by atoms with van der Waals surface area (Å²) in [5, 5.41) is 11.7. The fraction of sp³-hybridized carbons (Fsp3) is 0.238. The molecule has 2 atom stereocenters. The van der Waals surface area contributed by atoms with Gasteiger partial charge in [0.1, 0.15) is 0 Å². The molecule has 3 heterocycles. The van der Waals surface area contributed by atoms with Crippen LogP contribution in [-0.4, -0.2) is 10.9 Å². The summed E-state index contributed by atoms with van der Waals surface area (Å²) in [7, 11) is 0. The number of Topliss-reactive ketones (excluding diaryl/α,β-unsaturated/α-hetero) is 1. The number of aryl methyl sites for hydroxylation is 1. The van der Waals surface area contributed by atoms with Gasteiger partial charge < -0.3 is 9.84 Å². The molecule has 1 aromatic carbocycles. The highest BCUT2D eigenvalue weighted by Gasteiger charge is 2.41. The fourth-order valence-corrected chi connectivity index (χ4v) is 4.89. The van der Waals surface area contributed by atoms with E-state index in [9.17, 15) is 4.79 Å². The van der Waals surface area contributed by atoms with Crippen LogP contribution < -0.4 is 5.32 Å². The summed E-state index contributed by atoms with van der Waals surface area (Å²) < 4.78 is 5.54. The molecule has 2 aromatic heterocycles. The molecular formula is C21H18N2O2S. The Bertz CT molecular complexity index is 1000. The zero-order chi connectivity index (χ0) is 17.7. The van der Waals surface area contributed by atoms with Crippen molar-refractivity contribution in [1.29, 1.82) is 0 Å². The maximum Gasteiger partial charge on any atom is 0.233 e. The monoisotopic (exact) mass is 362 g/mol. The van der Waals surface area contributed by atoms with Crippen molar-refractivity contribution in [2.45, 2.75) is 31.6 Å². The summed E-state index contributed by atoms with van der Waals surface area (Å²) in [5.74, 6) is 1.01. The van der Waals surface area contributed by atoms with Gasteiger partial charge in [0.2, 0.25) is 5.88 Å². The van der Waals surface area contributed by atoms with Gasteiger partial charge in [-0.1, -0.05) is 35.5 Å². The highest BCUT2D eigenvalue weighted by atomic mass is 32.1. The number of hydrogen-bond donors (Lipinski definition) is 1. The van der Waals surface area contributed by atoms with Crippen LogP contribution in [0.5, 0.6) is 0 Å². The molecule has 5 heteroatoms. The van der Waals surface area contributed by atoms with Gasteiger partial charge in [-0.15, -0.1) is 0 Å². The second-order valence-electron chi connectivity index (χ2n) is 6.96. The molecule has 1 N–H and O–H groups in total. The number of nitrogens with zero attached hydrogens (tertiary/aromatic N) is 1. The lowest BCUT2D eigenvalue weighted by atomic mass is 9.73. The zero-order valence-electron chi connectivity index (χ0n) is 14.4. The standard InChI is InChI=1S/C21H18N2O2S/c1-12-18-19(14-7-8-26-11-14)20-16(22-21(18)25-23-12)9-15(10-17(20)24)13-5-3-2-4-6-13/h2-8,11,15,19,22H,9-10H2,1H3/t15-,19-/m0/s1. The lowest BCUT2D eigenvalue weighted by Crippen LogP contribution is -2.29. The number of thiophene rings is 1. The van der Waals surface area contributed by atoms with E-state index in [0.717, 1.165) is 34.5 Å². The van der Waals surface area contributed by atoms with Crippen LogP contribution in [-0.2, 0) is 4.79 Å². The van der Waals surface area contributed by atoms with Crippen LogP contribution in [0.25, 0.3) is 0 Å². The molecule has 2 aliphatic rings. The number of aromatic nitrogens is 1. The number of benzene rings is 1. The van der Waals surface area contributed by atoms with E-state index in [1.54, 1.807) is 11.3 Å². The first kappa shape index (κ1) is 15.6. The predicted octanol–water partition coefficient (Wildman–Crippen LogP) is 5.00. The Hall–Kier alpha value is -2.66. The third-order valence-corrected chi connectivity index (χ3v) is 6.11. The van der Waals surface area contributed by atoms with Gasteiger partial charge in [-0.3, -0.25) is 4.79 Å². The summed E-state index contributed by atoms with van der Waals surface area (Å²) in [6, 6.07) is 12.4. The van der Waals surface area contributed by atoms with Crippen molar-refractivity contribution in [3.05, 3.63) is 80.8 Å². The SMILES string of the molecule is Cc1noc2c1[C@H](c1ccsc1)C1=C(C[C@H](c3ccccc3)CC1=O)N2. The van der Waals surface area contributed by atoms with Gasteiger partial charge in [-0.05, 0) is 47.2 Å². The summed E-state index contributed by atoms with van der Waals surface area (Å²) in [6.07, 6.45) is 1.36. The van der Waals surface area contributed by atoms with E-state index in [4.69, 9.17) is 4.52 Å². The van der Waals surface area contributed by atoms with Crippen molar-refractivity contribution < 1.29 is 9.32 Å². The molecule has 0 saturated carbocycles. The summed E-state index contributed by atoms with van der Waals surface area (Å²) in [6.45, 7) is 1.94. The topological polar surface area (TPSA) is 55.1 Å². The van der Waals surface area contributed by atoms with E-state index in [1.807, 2.05) is 25.1 Å². The van der Waals surface area contributed by atoms with Gasteiger partial charge in [0, 0.05) is 23.6 Å². The number of ketones is 1. The van der Waals surface area contributed by atoms with Crippen molar-refractivity contribution in [2.75, 3.05) is 5.32 Å². The summed E-state index contributed by atoms with van der Waals surface area (Å²) in [4.78, 5) is 13.2. The number of nitrogens with one attached hydrogen (secondary N) is 1. The molecule has 0 fully saturated rings. The number of hydrogen-bond acceptors (Lipinski definition) is 5. The van der Waals surface area contributed by atoms with Gasteiger partial charge in [0.05, 0.1) is 11.3 Å². The lowest BCUT2D eigenvalue weighted by Gasteiger charge is -2.34. The van der Waals surface area contributed by atoms with Gasteiger partial charge >= 0.3 is 0 Å². The van der Waals surface area contributed by atoms with Crippen LogP contribution in [0.15, 0.2) is 63.0 Å². The number of rotatable bonds is 2. The smallest absolute Gasteiger partial charge is 0.233 e. The maximum atomic E-state index is 13.2. The normalized spacial score (nSPS) is 22.0. The average molecular weight is 362 g/mol. The van der Waals surface area contributed by atoms with Gasteiger partial charge in [0.25, 0.3) is 0 Å². The average Bonchev–Trinajstić information content (AvgIpc) is 3.31. The minimum atomic E-state index is -0.0806. The maximum absolute atomic E-state index is 13.2. The lowest BCUT2D eigenvalue weighted by molar-refractivity contribution is -0.116. The minimum Gasteiger partial charge on any atom is -0.338 e. The Kier molecular flexibility index (Phi) is 3.57. The molecule has 0 saturated heterocycles. The number of allylic oxidation sites excluding steroid dienone is 2.